The zero-order valence-corrected chi connectivity index (χ0v) is 13.8. The van der Waals surface area contributed by atoms with Crippen molar-refractivity contribution in [3.05, 3.63) is 82.0 Å². The van der Waals surface area contributed by atoms with E-state index in [0.717, 1.165) is 0 Å². The Morgan fingerprint density at radius 1 is 0.852 bits per heavy atom. The minimum Gasteiger partial charge on any atom is -0.268 e. The van der Waals surface area contributed by atoms with Crippen LogP contribution >= 0.6 is 0 Å². The van der Waals surface area contributed by atoms with Crippen molar-refractivity contribution in [2.24, 2.45) is 0 Å². The van der Waals surface area contributed by atoms with E-state index in [-0.39, 0.29) is 11.1 Å². The van der Waals surface area contributed by atoms with Crippen LogP contribution < -0.4 is 11.1 Å². The molecule has 0 radical (unpaired) electrons. The van der Waals surface area contributed by atoms with Gasteiger partial charge < -0.3 is 0 Å². The van der Waals surface area contributed by atoms with Crippen molar-refractivity contribution in [1.82, 2.24) is 34.3 Å². The molecule has 0 amide bonds. The van der Waals surface area contributed by atoms with Crippen LogP contribution in [0.25, 0.3) is 33.6 Å². The Labute approximate surface area is 150 Å². The Morgan fingerprint density at radius 2 is 1.59 bits per heavy atom. The fraction of sp³-hybridized carbons (Fsp3) is 0. The third kappa shape index (κ3) is 2.33. The van der Waals surface area contributed by atoms with Crippen molar-refractivity contribution in [3.63, 3.8) is 0 Å². The maximum absolute atomic E-state index is 12.9. The van der Waals surface area contributed by atoms with Gasteiger partial charge in [-0.2, -0.15) is 10.1 Å². The summed E-state index contributed by atoms with van der Waals surface area (Å²) in [5.41, 5.74) is 0.371. The molecule has 0 aromatic carbocycles. The molecule has 9 nitrogen and oxygen atoms in total. The first kappa shape index (κ1) is 15.1. The van der Waals surface area contributed by atoms with Gasteiger partial charge in [-0.05, 0) is 30.3 Å². The molecule has 0 aliphatic carbocycles. The lowest BCUT2D eigenvalue weighted by molar-refractivity contribution is 0.901. The summed E-state index contributed by atoms with van der Waals surface area (Å²) in [6.45, 7) is 0. The first-order valence-corrected chi connectivity index (χ1v) is 8.07. The highest BCUT2D eigenvalue weighted by atomic mass is 16.1. The topological polar surface area (TPSA) is 111 Å². The third-order valence-electron chi connectivity index (χ3n) is 4.27. The molecule has 9 heteroatoms. The van der Waals surface area contributed by atoms with E-state index in [1.54, 1.807) is 55.0 Å². The van der Waals surface area contributed by atoms with Crippen LogP contribution in [0.2, 0.25) is 0 Å². The highest BCUT2D eigenvalue weighted by Gasteiger charge is 2.12. The van der Waals surface area contributed by atoms with Gasteiger partial charge in [-0.25, -0.2) is 15.1 Å². The van der Waals surface area contributed by atoms with E-state index in [1.807, 2.05) is 0 Å². The van der Waals surface area contributed by atoms with E-state index in [4.69, 9.17) is 0 Å². The quantitative estimate of drug-likeness (QED) is 0.475. The highest BCUT2D eigenvalue weighted by Crippen LogP contribution is 2.15. The second-order valence-corrected chi connectivity index (χ2v) is 5.83. The van der Waals surface area contributed by atoms with Gasteiger partial charge in [-0.3, -0.25) is 18.7 Å². The summed E-state index contributed by atoms with van der Waals surface area (Å²) in [6, 6.07) is 10.3. The summed E-state index contributed by atoms with van der Waals surface area (Å²) in [4.78, 5) is 38.4. The molecule has 0 unspecified atom stereocenters. The second-order valence-electron chi connectivity index (χ2n) is 5.83. The second kappa shape index (κ2) is 5.70. The number of hydrogen-bond donors (Lipinski definition) is 1. The average molecular weight is 357 g/mol. The van der Waals surface area contributed by atoms with Crippen LogP contribution in [-0.2, 0) is 0 Å². The van der Waals surface area contributed by atoms with Gasteiger partial charge >= 0.3 is 0 Å². The number of fused-ring (bicyclic) bond motifs is 2. The molecule has 0 saturated carbocycles. The zero-order valence-electron chi connectivity index (χ0n) is 13.8. The molecule has 0 fully saturated rings. The molecule has 5 heterocycles. The van der Waals surface area contributed by atoms with Crippen LogP contribution in [0.5, 0.6) is 0 Å². The number of H-pyrrole nitrogens is 1. The Morgan fingerprint density at radius 3 is 2.26 bits per heavy atom. The number of hydrogen-bond acceptors (Lipinski definition) is 6. The number of aromatic nitrogens is 7. The maximum atomic E-state index is 12.9. The summed E-state index contributed by atoms with van der Waals surface area (Å²) in [6.07, 6.45) is 6.12. The number of rotatable bonds is 2. The molecular formula is C18H11N7O2. The van der Waals surface area contributed by atoms with Crippen molar-refractivity contribution in [3.8, 4) is 11.8 Å². The lowest BCUT2D eigenvalue weighted by Gasteiger charge is -2.07. The van der Waals surface area contributed by atoms with E-state index in [2.05, 4.69) is 25.1 Å². The first-order valence-electron chi connectivity index (χ1n) is 8.07. The molecule has 0 atom stereocenters. The number of nitrogens with one attached hydrogen (secondary N) is 1. The van der Waals surface area contributed by atoms with Crippen molar-refractivity contribution < 1.29 is 0 Å². The van der Waals surface area contributed by atoms with E-state index in [1.165, 1.54) is 15.5 Å². The van der Waals surface area contributed by atoms with Crippen molar-refractivity contribution in [2.45, 2.75) is 0 Å². The Bertz CT molecular complexity index is 1400. The van der Waals surface area contributed by atoms with Gasteiger partial charge in [0.25, 0.3) is 11.1 Å². The van der Waals surface area contributed by atoms with Gasteiger partial charge in [0.1, 0.15) is 12.1 Å². The Hall–Kier alpha value is -4.14. The summed E-state index contributed by atoms with van der Waals surface area (Å²) >= 11 is 0. The van der Waals surface area contributed by atoms with Crippen molar-refractivity contribution in [1.29, 1.82) is 0 Å². The lowest BCUT2D eigenvalue weighted by atomic mass is 10.2. The molecule has 0 saturated heterocycles. The first-order chi connectivity index (χ1) is 13.2. The molecule has 130 valence electrons. The van der Waals surface area contributed by atoms with Crippen LogP contribution in [0.4, 0.5) is 0 Å². The predicted molar refractivity (Wildman–Crippen MR) is 98.2 cm³/mol. The van der Waals surface area contributed by atoms with E-state index in [9.17, 15) is 9.59 Å². The monoisotopic (exact) mass is 357 g/mol. The largest absolute Gasteiger partial charge is 0.268 e. The van der Waals surface area contributed by atoms with Gasteiger partial charge in [-0.15, -0.1) is 0 Å². The SMILES string of the molecule is O=c1c2cc3c(=O)n(-c4ncn[nH]4)ccc3nc2ccn1-c1ccccn1. The standard InChI is InChI=1S/C18H11N7O2/c26-16-11-9-12-14(5-8-25(17(12)27)18-20-10-21-23-18)22-13(11)4-7-24(16)15-3-1-2-6-19-15/h1-10H,(H,20,21,23). The molecule has 27 heavy (non-hydrogen) atoms. The molecule has 0 aliphatic heterocycles. The predicted octanol–water partition coefficient (Wildman–Crippen LogP) is 1.20. The van der Waals surface area contributed by atoms with Crippen LogP contribution in [0.15, 0.2) is 70.9 Å². The minimum atomic E-state index is -0.341. The van der Waals surface area contributed by atoms with Crippen LogP contribution in [0.1, 0.15) is 0 Å². The molecule has 0 spiro atoms. The fourth-order valence-electron chi connectivity index (χ4n) is 2.98. The lowest BCUT2D eigenvalue weighted by Crippen LogP contribution is -2.21. The Kier molecular flexibility index (Phi) is 3.20. The molecule has 0 bridgehead atoms. The van der Waals surface area contributed by atoms with E-state index >= 15 is 0 Å². The normalized spacial score (nSPS) is 11.3. The summed E-state index contributed by atoms with van der Waals surface area (Å²) in [5, 5.41) is 7.06. The van der Waals surface area contributed by atoms with Crippen LogP contribution in [-0.4, -0.2) is 34.3 Å². The van der Waals surface area contributed by atoms with Crippen molar-refractivity contribution in [2.75, 3.05) is 0 Å². The number of aromatic amines is 1. The summed E-state index contributed by atoms with van der Waals surface area (Å²) in [7, 11) is 0. The highest BCUT2D eigenvalue weighted by molar-refractivity contribution is 5.91. The minimum absolute atomic E-state index is 0.293. The van der Waals surface area contributed by atoms with Gasteiger partial charge in [-0.1, -0.05) is 6.07 Å². The number of nitrogens with zero attached hydrogens (tertiary/aromatic N) is 6. The Balaban J connectivity index is 1.82. The van der Waals surface area contributed by atoms with E-state index in [0.29, 0.717) is 33.6 Å². The number of pyridine rings is 4. The maximum Gasteiger partial charge on any atom is 0.266 e. The molecule has 5 aromatic rings. The zero-order chi connectivity index (χ0) is 18.4. The molecule has 5 rings (SSSR count). The van der Waals surface area contributed by atoms with Crippen LogP contribution in [0, 0.1) is 0 Å². The third-order valence-corrected chi connectivity index (χ3v) is 4.27. The molecule has 5 aromatic heterocycles. The summed E-state index contributed by atoms with van der Waals surface area (Å²) < 4.78 is 2.75. The molecule has 0 aliphatic rings. The van der Waals surface area contributed by atoms with Crippen LogP contribution in [0.3, 0.4) is 0 Å². The molecule has 1 N–H and O–H groups in total. The van der Waals surface area contributed by atoms with E-state index < -0.39 is 0 Å². The van der Waals surface area contributed by atoms with Gasteiger partial charge in [0, 0.05) is 18.6 Å². The fourth-order valence-corrected chi connectivity index (χ4v) is 2.98. The van der Waals surface area contributed by atoms with Crippen molar-refractivity contribution >= 4 is 21.8 Å². The van der Waals surface area contributed by atoms with Gasteiger partial charge in [0.2, 0.25) is 5.95 Å². The smallest absolute Gasteiger partial charge is 0.266 e. The summed E-state index contributed by atoms with van der Waals surface area (Å²) in [5.74, 6) is 0.789. The average Bonchev–Trinajstić information content (AvgIpc) is 3.23. The van der Waals surface area contributed by atoms with Gasteiger partial charge in [0.15, 0.2) is 0 Å². The molecular weight excluding hydrogens is 346 g/mol. The van der Waals surface area contributed by atoms with Gasteiger partial charge in [0.05, 0.1) is 21.8 Å².